The molecule has 0 fully saturated rings. The lowest BCUT2D eigenvalue weighted by Gasteiger charge is -2.21. The Hall–Kier alpha value is -1.20. The van der Waals surface area contributed by atoms with E-state index in [1.807, 2.05) is 6.26 Å². The molecule has 1 amide bonds. The Morgan fingerprint density at radius 1 is 1.71 bits per heavy atom. The number of nitrogens with one attached hydrogen (secondary N) is 1. The van der Waals surface area contributed by atoms with Crippen molar-refractivity contribution in [3.8, 4) is 0 Å². The summed E-state index contributed by atoms with van der Waals surface area (Å²) in [6.07, 6.45) is 6.42. The highest BCUT2D eigenvalue weighted by Crippen LogP contribution is 2.09. The van der Waals surface area contributed by atoms with Gasteiger partial charge in [-0.15, -0.1) is 0 Å². The zero-order valence-electron chi connectivity index (χ0n) is 9.97. The van der Waals surface area contributed by atoms with Crippen LogP contribution in [0.2, 0.25) is 0 Å². The summed E-state index contributed by atoms with van der Waals surface area (Å²) >= 11 is 1.54. The van der Waals surface area contributed by atoms with Gasteiger partial charge in [-0.2, -0.15) is 11.8 Å². The fourth-order valence-electron chi connectivity index (χ4n) is 1.24. The van der Waals surface area contributed by atoms with Gasteiger partial charge in [-0.1, -0.05) is 0 Å². The van der Waals surface area contributed by atoms with Crippen LogP contribution in [0.5, 0.6) is 0 Å². The van der Waals surface area contributed by atoms with E-state index in [1.165, 1.54) is 17.8 Å². The SMILES string of the molecule is CSCC(C)(O)CNC(=O)C=Cc1ccco1. The van der Waals surface area contributed by atoms with Gasteiger partial charge in [0.15, 0.2) is 0 Å². The van der Waals surface area contributed by atoms with Crippen LogP contribution in [0.15, 0.2) is 28.9 Å². The summed E-state index contributed by atoms with van der Waals surface area (Å²) in [4.78, 5) is 11.4. The molecule has 0 saturated heterocycles. The van der Waals surface area contributed by atoms with E-state index in [0.29, 0.717) is 11.5 Å². The van der Waals surface area contributed by atoms with E-state index in [-0.39, 0.29) is 12.5 Å². The molecule has 4 nitrogen and oxygen atoms in total. The second kappa shape index (κ2) is 6.51. The van der Waals surface area contributed by atoms with Crippen LogP contribution in [0.25, 0.3) is 6.08 Å². The number of thioether (sulfide) groups is 1. The van der Waals surface area contributed by atoms with E-state index >= 15 is 0 Å². The van der Waals surface area contributed by atoms with Crippen molar-refractivity contribution in [3.63, 3.8) is 0 Å². The molecule has 1 aromatic heterocycles. The van der Waals surface area contributed by atoms with Gasteiger partial charge < -0.3 is 14.8 Å². The van der Waals surface area contributed by atoms with E-state index in [0.717, 1.165) is 0 Å². The van der Waals surface area contributed by atoms with Gasteiger partial charge in [-0.25, -0.2) is 0 Å². The van der Waals surface area contributed by atoms with Gasteiger partial charge in [-0.05, 0) is 31.4 Å². The zero-order valence-corrected chi connectivity index (χ0v) is 10.8. The molecule has 5 heteroatoms. The lowest BCUT2D eigenvalue weighted by molar-refractivity contribution is -0.117. The number of hydrogen-bond acceptors (Lipinski definition) is 4. The molecule has 0 saturated carbocycles. The minimum Gasteiger partial charge on any atom is -0.465 e. The van der Waals surface area contributed by atoms with Crippen LogP contribution in [-0.4, -0.2) is 35.2 Å². The van der Waals surface area contributed by atoms with Crippen LogP contribution >= 0.6 is 11.8 Å². The maximum absolute atomic E-state index is 11.4. The normalized spacial score (nSPS) is 14.8. The monoisotopic (exact) mass is 255 g/mol. The third kappa shape index (κ3) is 5.60. The summed E-state index contributed by atoms with van der Waals surface area (Å²) in [5.74, 6) is 0.952. The first kappa shape index (κ1) is 13.9. The molecule has 1 rings (SSSR count). The van der Waals surface area contributed by atoms with Gasteiger partial charge in [0.05, 0.1) is 11.9 Å². The molecule has 0 radical (unpaired) electrons. The average Bonchev–Trinajstić information content (AvgIpc) is 2.76. The first-order chi connectivity index (χ1) is 8.03. The smallest absolute Gasteiger partial charge is 0.244 e. The molecule has 0 aliphatic carbocycles. The zero-order chi connectivity index (χ0) is 12.7. The third-order valence-electron chi connectivity index (χ3n) is 2.04. The highest BCUT2D eigenvalue weighted by atomic mass is 32.2. The third-order valence-corrected chi connectivity index (χ3v) is 2.95. The quantitative estimate of drug-likeness (QED) is 0.757. The predicted octanol–water partition coefficient (Wildman–Crippen LogP) is 1.52. The van der Waals surface area contributed by atoms with E-state index in [2.05, 4.69) is 5.32 Å². The van der Waals surface area contributed by atoms with Crippen molar-refractivity contribution in [2.75, 3.05) is 18.6 Å². The van der Waals surface area contributed by atoms with Crippen molar-refractivity contribution in [2.45, 2.75) is 12.5 Å². The van der Waals surface area contributed by atoms with Crippen LogP contribution in [0.4, 0.5) is 0 Å². The molecular weight excluding hydrogens is 238 g/mol. The number of rotatable bonds is 6. The molecule has 0 spiro atoms. The molecule has 2 N–H and O–H groups in total. The average molecular weight is 255 g/mol. The van der Waals surface area contributed by atoms with E-state index in [9.17, 15) is 9.90 Å². The molecule has 0 bridgehead atoms. The van der Waals surface area contributed by atoms with Gasteiger partial charge >= 0.3 is 0 Å². The van der Waals surface area contributed by atoms with Gasteiger partial charge in [0.1, 0.15) is 5.76 Å². The Balaban J connectivity index is 2.35. The van der Waals surface area contributed by atoms with Crippen molar-refractivity contribution in [3.05, 3.63) is 30.2 Å². The molecule has 1 atom stereocenters. The second-order valence-corrected chi connectivity index (χ2v) is 4.86. The first-order valence-corrected chi connectivity index (χ1v) is 6.64. The standard InChI is InChI=1S/C12H17NO3S/c1-12(15,9-17-2)8-13-11(14)6-5-10-4-3-7-16-10/h3-7,15H,8-9H2,1-2H3,(H,13,14). The van der Waals surface area contributed by atoms with Gasteiger partial charge in [0, 0.05) is 18.4 Å². The summed E-state index contributed by atoms with van der Waals surface area (Å²) in [7, 11) is 0. The molecule has 94 valence electrons. The van der Waals surface area contributed by atoms with Crippen molar-refractivity contribution in [2.24, 2.45) is 0 Å². The molecule has 1 aromatic rings. The highest BCUT2D eigenvalue weighted by Gasteiger charge is 2.19. The Morgan fingerprint density at radius 3 is 3.06 bits per heavy atom. The Bertz CT molecular complexity index is 371. The number of hydrogen-bond donors (Lipinski definition) is 2. The van der Waals surface area contributed by atoms with E-state index in [1.54, 1.807) is 31.4 Å². The van der Waals surface area contributed by atoms with Crippen LogP contribution in [0.3, 0.4) is 0 Å². The predicted molar refractivity (Wildman–Crippen MR) is 69.8 cm³/mol. The Kier molecular flexibility index (Phi) is 5.31. The van der Waals surface area contributed by atoms with Crippen LogP contribution < -0.4 is 5.32 Å². The molecule has 17 heavy (non-hydrogen) atoms. The molecule has 0 aliphatic heterocycles. The summed E-state index contributed by atoms with van der Waals surface area (Å²) in [6.45, 7) is 1.93. The number of carbonyl (C=O) groups is 1. The maximum Gasteiger partial charge on any atom is 0.244 e. The minimum atomic E-state index is -0.881. The topological polar surface area (TPSA) is 62.5 Å². The van der Waals surface area contributed by atoms with E-state index < -0.39 is 5.60 Å². The van der Waals surface area contributed by atoms with Crippen molar-refractivity contribution in [1.29, 1.82) is 0 Å². The second-order valence-electron chi connectivity index (χ2n) is 4.00. The summed E-state index contributed by atoms with van der Waals surface area (Å²) in [5.41, 5.74) is -0.881. The fourth-order valence-corrected chi connectivity index (χ4v) is 1.97. The number of furan rings is 1. The van der Waals surface area contributed by atoms with Crippen molar-refractivity contribution in [1.82, 2.24) is 5.32 Å². The van der Waals surface area contributed by atoms with Crippen LogP contribution in [0, 0.1) is 0 Å². The molecule has 1 heterocycles. The lowest BCUT2D eigenvalue weighted by atomic mass is 10.1. The van der Waals surface area contributed by atoms with Gasteiger partial charge in [0.2, 0.25) is 5.91 Å². The van der Waals surface area contributed by atoms with Crippen molar-refractivity contribution >= 4 is 23.7 Å². The van der Waals surface area contributed by atoms with Gasteiger partial charge in [-0.3, -0.25) is 4.79 Å². The molecule has 0 aromatic carbocycles. The summed E-state index contributed by atoms with van der Waals surface area (Å²) in [5, 5.41) is 12.5. The van der Waals surface area contributed by atoms with Crippen LogP contribution in [-0.2, 0) is 4.79 Å². The summed E-state index contributed by atoms with van der Waals surface area (Å²) in [6, 6.07) is 3.51. The number of amides is 1. The molecule has 1 unspecified atom stereocenters. The Labute approximate surface area is 105 Å². The van der Waals surface area contributed by atoms with Gasteiger partial charge in [0.25, 0.3) is 0 Å². The number of aliphatic hydroxyl groups is 1. The fraction of sp³-hybridized carbons (Fsp3) is 0.417. The minimum absolute atomic E-state index is 0.231. The lowest BCUT2D eigenvalue weighted by Crippen LogP contribution is -2.41. The van der Waals surface area contributed by atoms with Crippen molar-refractivity contribution < 1.29 is 14.3 Å². The van der Waals surface area contributed by atoms with E-state index in [4.69, 9.17) is 4.42 Å². The Morgan fingerprint density at radius 2 is 2.47 bits per heavy atom. The summed E-state index contributed by atoms with van der Waals surface area (Å²) < 4.78 is 5.05. The van der Waals surface area contributed by atoms with Crippen LogP contribution in [0.1, 0.15) is 12.7 Å². The molecule has 0 aliphatic rings. The molecular formula is C12H17NO3S. The maximum atomic E-state index is 11.4. The largest absolute Gasteiger partial charge is 0.465 e. The highest BCUT2D eigenvalue weighted by molar-refractivity contribution is 7.98. The number of carbonyl (C=O) groups excluding carboxylic acids is 1. The first-order valence-electron chi connectivity index (χ1n) is 5.24.